The monoisotopic (exact) mass is 319 g/mol. The van der Waals surface area contributed by atoms with E-state index >= 15 is 0 Å². The fraction of sp³-hybridized carbons (Fsp3) is 0.118. The van der Waals surface area contributed by atoms with Crippen LogP contribution in [0, 0.1) is 0 Å². The van der Waals surface area contributed by atoms with Crippen LogP contribution in [0.25, 0.3) is 6.08 Å². The van der Waals surface area contributed by atoms with E-state index in [1.54, 1.807) is 36.2 Å². The fourth-order valence-corrected chi connectivity index (χ4v) is 2.33. The van der Waals surface area contributed by atoms with Gasteiger partial charge in [-0.2, -0.15) is 0 Å². The zero-order chi connectivity index (χ0) is 15.2. The van der Waals surface area contributed by atoms with Crippen molar-refractivity contribution in [3.05, 3.63) is 75.8 Å². The summed E-state index contributed by atoms with van der Waals surface area (Å²) in [5.74, 6) is -0.0788. The van der Waals surface area contributed by atoms with Crippen molar-refractivity contribution >= 4 is 35.2 Å². The summed E-state index contributed by atoms with van der Waals surface area (Å²) in [6.07, 6.45) is 3.21. The van der Waals surface area contributed by atoms with Gasteiger partial charge in [0, 0.05) is 29.7 Å². The molecular formula is C17H15Cl2NO. The predicted molar refractivity (Wildman–Crippen MR) is 88.4 cm³/mol. The minimum absolute atomic E-state index is 0.0788. The third-order valence-corrected chi connectivity index (χ3v) is 3.57. The molecule has 2 nitrogen and oxygen atoms in total. The van der Waals surface area contributed by atoms with Crippen LogP contribution >= 0.6 is 23.2 Å². The molecule has 2 aromatic carbocycles. The number of hydrogen-bond donors (Lipinski definition) is 0. The third-order valence-electron chi connectivity index (χ3n) is 3.01. The molecule has 0 radical (unpaired) electrons. The lowest BCUT2D eigenvalue weighted by molar-refractivity contribution is -0.125. The van der Waals surface area contributed by atoms with Crippen molar-refractivity contribution in [3.8, 4) is 0 Å². The third kappa shape index (κ3) is 4.62. The summed E-state index contributed by atoms with van der Waals surface area (Å²) in [4.78, 5) is 13.7. The lowest BCUT2D eigenvalue weighted by atomic mass is 10.2. The van der Waals surface area contributed by atoms with Crippen molar-refractivity contribution in [1.82, 2.24) is 4.90 Å². The van der Waals surface area contributed by atoms with Gasteiger partial charge in [0.25, 0.3) is 0 Å². The Morgan fingerprint density at radius 1 is 1.14 bits per heavy atom. The molecule has 0 unspecified atom stereocenters. The van der Waals surface area contributed by atoms with E-state index in [4.69, 9.17) is 23.2 Å². The number of amides is 1. The van der Waals surface area contributed by atoms with Crippen LogP contribution in [0.2, 0.25) is 10.0 Å². The van der Waals surface area contributed by atoms with Crippen LogP contribution in [0.15, 0.2) is 54.6 Å². The second kappa shape index (κ2) is 7.30. The van der Waals surface area contributed by atoms with Gasteiger partial charge in [0.1, 0.15) is 0 Å². The number of hydrogen-bond acceptors (Lipinski definition) is 1. The summed E-state index contributed by atoms with van der Waals surface area (Å²) in [7, 11) is 1.77. The molecule has 2 rings (SSSR count). The maximum absolute atomic E-state index is 12.1. The van der Waals surface area contributed by atoms with Crippen molar-refractivity contribution in [2.45, 2.75) is 6.54 Å². The van der Waals surface area contributed by atoms with Gasteiger partial charge in [0.15, 0.2) is 0 Å². The van der Waals surface area contributed by atoms with Gasteiger partial charge in [0.05, 0.1) is 0 Å². The molecule has 0 heterocycles. The minimum atomic E-state index is -0.0788. The second-order valence-electron chi connectivity index (χ2n) is 4.68. The summed E-state index contributed by atoms with van der Waals surface area (Å²) >= 11 is 11.9. The Morgan fingerprint density at radius 3 is 2.52 bits per heavy atom. The SMILES string of the molecule is CN(Cc1ccccc1)C(=O)/C=C/c1ccc(Cl)cc1Cl. The highest BCUT2D eigenvalue weighted by atomic mass is 35.5. The van der Waals surface area contributed by atoms with Crippen molar-refractivity contribution in [3.63, 3.8) is 0 Å². The molecule has 0 atom stereocenters. The molecule has 108 valence electrons. The van der Waals surface area contributed by atoms with E-state index < -0.39 is 0 Å². The molecule has 2 aromatic rings. The average Bonchev–Trinajstić information content (AvgIpc) is 2.47. The van der Waals surface area contributed by atoms with E-state index in [9.17, 15) is 4.79 Å². The number of benzene rings is 2. The average molecular weight is 320 g/mol. The largest absolute Gasteiger partial charge is 0.338 e. The van der Waals surface area contributed by atoms with Crippen LogP contribution in [0.5, 0.6) is 0 Å². The summed E-state index contributed by atoms with van der Waals surface area (Å²) in [5.41, 5.74) is 1.86. The molecule has 0 saturated heterocycles. The Hall–Kier alpha value is -1.77. The summed E-state index contributed by atoms with van der Waals surface area (Å²) < 4.78 is 0. The van der Waals surface area contributed by atoms with E-state index in [1.807, 2.05) is 30.3 Å². The van der Waals surface area contributed by atoms with E-state index in [2.05, 4.69) is 0 Å². The first-order valence-electron chi connectivity index (χ1n) is 6.48. The molecule has 0 fully saturated rings. The molecule has 0 aromatic heterocycles. The Bertz CT molecular complexity index is 653. The van der Waals surface area contributed by atoms with Crippen molar-refractivity contribution in [2.24, 2.45) is 0 Å². The number of likely N-dealkylation sites (N-methyl/N-ethyl adjacent to an activating group) is 1. The molecular weight excluding hydrogens is 305 g/mol. The zero-order valence-corrected chi connectivity index (χ0v) is 13.1. The smallest absolute Gasteiger partial charge is 0.246 e. The van der Waals surface area contributed by atoms with Gasteiger partial charge in [-0.25, -0.2) is 0 Å². The second-order valence-corrected chi connectivity index (χ2v) is 5.52. The van der Waals surface area contributed by atoms with Crippen LogP contribution in [0.4, 0.5) is 0 Å². The highest BCUT2D eigenvalue weighted by molar-refractivity contribution is 6.35. The first kappa shape index (κ1) is 15.6. The molecule has 0 spiro atoms. The van der Waals surface area contributed by atoms with E-state index in [-0.39, 0.29) is 5.91 Å². The summed E-state index contributed by atoms with van der Waals surface area (Å²) in [6, 6.07) is 15.0. The highest BCUT2D eigenvalue weighted by Crippen LogP contribution is 2.22. The minimum Gasteiger partial charge on any atom is -0.338 e. The van der Waals surface area contributed by atoms with Crippen LogP contribution in [0.1, 0.15) is 11.1 Å². The Morgan fingerprint density at radius 2 is 1.86 bits per heavy atom. The number of carbonyl (C=O) groups is 1. The van der Waals surface area contributed by atoms with Gasteiger partial charge in [-0.3, -0.25) is 4.79 Å². The van der Waals surface area contributed by atoms with Crippen LogP contribution in [-0.4, -0.2) is 17.9 Å². The molecule has 1 amide bonds. The predicted octanol–water partition coefficient (Wildman–Crippen LogP) is 4.67. The van der Waals surface area contributed by atoms with Gasteiger partial charge in [-0.15, -0.1) is 0 Å². The van der Waals surface area contributed by atoms with E-state index in [0.29, 0.717) is 16.6 Å². The van der Waals surface area contributed by atoms with Crippen LogP contribution in [0.3, 0.4) is 0 Å². The Kier molecular flexibility index (Phi) is 5.43. The molecule has 0 bridgehead atoms. The lowest BCUT2D eigenvalue weighted by Crippen LogP contribution is -2.24. The number of rotatable bonds is 4. The Balaban J connectivity index is 2.01. The molecule has 0 aliphatic heterocycles. The van der Waals surface area contributed by atoms with Gasteiger partial charge in [-0.1, -0.05) is 59.6 Å². The summed E-state index contributed by atoms with van der Waals surface area (Å²) in [5, 5.41) is 1.10. The quantitative estimate of drug-likeness (QED) is 0.750. The van der Waals surface area contributed by atoms with Gasteiger partial charge >= 0.3 is 0 Å². The molecule has 0 saturated carbocycles. The topological polar surface area (TPSA) is 20.3 Å². The van der Waals surface area contributed by atoms with E-state index in [0.717, 1.165) is 11.1 Å². The van der Waals surface area contributed by atoms with Crippen molar-refractivity contribution in [1.29, 1.82) is 0 Å². The van der Waals surface area contributed by atoms with Gasteiger partial charge in [0.2, 0.25) is 5.91 Å². The maximum atomic E-state index is 12.1. The first-order valence-corrected chi connectivity index (χ1v) is 7.24. The normalized spacial score (nSPS) is 10.8. The van der Waals surface area contributed by atoms with Crippen molar-refractivity contribution in [2.75, 3.05) is 7.05 Å². The number of carbonyl (C=O) groups excluding carboxylic acids is 1. The summed E-state index contributed by atoms with van der Waals surface area (Å²) in [6.45, 7) is 0.568. The van der Waals surface area contributed by atoms with Crippen LogP contribution in [-0.2, 0) is 11.3 Å². The van der Waals surface area contributed by atoms with Crippen molar-refractivity contribution < 1.29 is 4.79 Å². The number of halogens is 2. The van der Waals surface area contributed by atoms with Gasteiger partial charge < -0.3 is 4.90 Å². The maximum Gasteiger partial charge on any atom is 0.246 e. The molecule has 0 aliphatic rings. The highest BCUT2D eigenvalue weighted by Gasteiger charge is 2.06. The first-order chi connectivity index (χ1) is 10.1. The number of nitrogens with zero attached hydrogens (tertiary/aromatic N) is 1. The zero-order valence-electron chi connectivity index (χ0n) is 11.6. The van der Waals surface area contributed by atoms with E-state index in [1.165, 1.54) is 6.08 Å². The fourth-order valence-electron chi connectivity index (χ4n) is 1.86. The lowest BCUT2D eigenvalue weighted by Gasteiger charge is -2.15. The molecule has 0 aliphatic carbocycles. The van der Waals surface area contributed by atoms with Crippen LogP contribution < -0.4 is 0 Å². The standard InChI is InChI=1S/C17H15Cl2NO/c1-20(12-13-5-3-2-4-6-13)17(21)10-8-14-7-9-15(18)11-16(14)19/h2-11H,12H2,1H3/b10-8+. The molecule has 21 heavy (non-hydrogen) atoms. The van der Waals surface area contributed by atoms with Gasteiger partial charge in [-0.05, 0) is 29.3 Å². The Labute approximate surface area is 134 Å². The molecule has 0 N–H and O–H groups in total. The molecule has 4 heteroatoms.